The van der Waals surface area contributed by atoms with Gasteiger partial charge in [-0.25, -0.2) is 9.67 Å². The number of benzene rings is 2. The van der Waals surface area contributed by atoms with Gasteiger partial charge in [0.1, 0.15) is 6.26 Å². The minimum Gasteiger partial charge on any atom is -0.445 e. The summed E-state index contributed by atoms with van der Waals surface area (Å²) < 4.78 is 6.78. The third kappa shape index (κ3) is 3.13. The number of oxazole rings is 1. The highest BCUT2D eigenvalue weighted by atomic mass is 16.4. The van der Waals surface area contributed by atoms with Crippen molar-refractivity contribution in [3.8, 4) is 17.5 Å². The predicted molar refractivity (Wildman–Crippen MR) is 103 cm³/mol. The predicted octanol–water partition coefficient (Wildman–Crippen LogP) is 2.37. The van der Waals surface area contributed by atoms with Crippen LogP contribution in [-0.4, -0.2) is 25.8 Å². The molecular weight excluding hydrogens is 356 g/mol. The molecule has 7 heteroatoms. The van der Waals surface area contributed by atoms with Crippen molar-refractivity contribution < 1.29 is 14.3 Å². The minimum absolute atomic E-state index is 0.125. The molecular formula is C21H16N4O3. The molecule has 2 aromatic heterocycles. The van der Waals surface area contributed by atoms with Gasteiger partial charge in [-0.05, 0) is 31.2 Å². The zero-order valence-electron chi connectivity index (χ0n) is 15.0. The van der Waals surface area contributed by atoms with Crippen LogP contribution in [0.3, 0.4) is 0 Å². The quantitative estimate of drug-likeness (QED) is 0.537. The molecule has 0 aliphatic rings. The largest absolute Gasteiger partial charge is 0.445 e. The van der Waals surface area contributed by atoms with Crippen molar-refractivity contribution in [3.63, 3.8) is 0 Å². The van der Waals surface area contributed by atoms with Gasteiger partial charge in [-0.3, -0.25) is 4.79 Å². The Morgan fingerprint density at radius 2 is 2.07 bits per heavy atom. The summed E-state index contributed by atoms with van der Waals surface area (Å²) >= 11 is 0. The summed E-state index contributed by atoms with van der Waals surface area (Å²) in [4.78, 5) is 15.7. The van der Waals surface area contributed by atoms with Crippen LogP contribution in [0.2, 0.25) is 0 Å². The molecule has 0 spiro atoms. The fraction of sp³-hybridized carbons (Fsp3) is 0.0952. The third-order valence-electron chi connectivity index (χ3n) is 4.21. The second kappa shape index (κ2) is 6.68. The normalized spacial score (nSPS) is 12.9. The summed E-state index contributed by atoms with van der Waals surface area (Å²) in [5.41, 5.74) is 6.28. The maximum atomic E-state index is 11.7. The van der Waals surface area contributed by atoms with Gasteiger partial charge in [0.15, 0.2) is 11.3 Å². The van der Waals surface area contributed by atoms with Crippen molar-refractivity contribution in [3.05, 3.63) is 78.1 Å². The Bertz CT molecular complexity index is 1230. The number of para-hydroxylation sites is 1. The van der Waals surface area contributed by atoms with E-state index in [1.165, 1.54) is 19.4 Å². The SMILES string of the molecule is C[C@](O)(C#Cc1cccc(-n2nc(C(N)=O)c3ccccc32)c1)c1ncco1. The molecule has 0 saturated carbocycles. The van der Waals surface area contributed by atoms with E-state index < -0.39 is 11.5 Å². The number of carbonyl (C=O) groups is 1. The highest BCUT2D eigenvalue weighted by Crippen LogP contribution is 2.23. The Balaban J connectivity index is 1.76. The molecule has 1 amide bonds. The molecule has 3 N–H and O–H groups in total. The van der Waals surface area contributed by atoms with Crippen molar-refractivity contribution in [2.45, 2.75) is 12.5 Å². The summed E-state index contributed by atoms with van der Waals surface area (Å²) in [5, 5.41) is 15.5. The summed E-state index contributed by atoms with van der Waals surface area (Å²) in [6.45, 7) is 1.51. The fourth-order valence-corrected chi connectivity index (χ4v) is 2.87. The van der Waals surface area contributed by atoms with Crippen LogP contribution in [0.5, 0.6) is 0 Å². The lowest BCUT2D eigenvalue weighted by Gasteiger charge is -2.10. The first kappa shape index (κ1) is 17.5. The number of hydrogen-bond acceptors (Lipinski definition) is 5. The van der Waals surface area contributed by atoms with E-state index in [2.05, 4.69) is 21.9 Å². The highest BCUT2D eigenvalue weighted by molar-refractivity contribution is 6.04. The van der Waals surface area contributed by atoms with E-state index in [4.69, 9.17) is 10.2 Å². The Morgan fingerprint density at radius 3 is 2.82 bits per heavy atom. The van der Waals surface area contributed by atoms with Crippen LogP contribution in [0, 0.1) is 11.8 Å². The Hall–Kier alpha value is -3.89. The number of primary amides is 1. The second-order valence-corrected chi connectivity index (χ2v) is 6.35. The van der Waals surface area contributed by atoms with Crippen LogP contribution < -0.4 is 5.73 Å². The van der Waals surface area contributed by atoms with Crippen molar-refractivity contribution in [1.29, 1.82) is 0 Å². The van der Waals surface area contributed by atoms with Gasteiger partial charge in [0, 0.05) is 10.9 Å². The first-order valence-corrected chi connectivity index (χ1v) is 8.49. The van der Waals surface area contributed by atoms with E-state index >= 15 is 0 Å². The van der Waals surface area contributed by atoms with E-state index in [-0.39, 0.29) is 11.6 Å². The molecule has 2 heterocycles. The van der Waals surface area contributed by atoms with Gasteiger partial charge in [-0.2, -0.15) is 5.10 Å². The lowest BCUT2D eigenvalue weighted by Crippen LogP contribution is -2.18. The van der Waals surface area contributed by atoms with Crippen LogP contribution >= 0.6 is 0 Å². The van der Waals surface area contributed by atoms with Gasteiger partial charge in [0.25, 0.3) is 5.91 Å². The molecule has 2 aromatic carbocycles. The molecule has 4 aromatic rings. The number of carbonyl (C=O) groups excluding carboxylic acids is 1. The molecule has 1 atom stereocenters. The lowest BCUT2D eigenvalue weighted by atomic mass is 10.1. The smallest absolute Gasteiger partial charge is 0.269 e. The third-order valence-corrected chi connectivity index (χ3v) is 4.21. The monoisotopic (exact) mass is 372 g/mol. The number of amides is 1. The van der Waals surface area contributed by atoms with E-state index in [9.17, 15) is 9.90 Å². The Morgan fingerprint density at radius 1 is 1.25 bits per heavy atom. The molecule has 0 fully saturated rings. The Labute approximate surface area is 160 Å². The van der Waals surface area contributed by atoms with Gasteiger partial charge in [0.2, 0.25) is 5.89 Å². The van der Waals surface area contributed by atoms with Gasteiger partial charge in [-0.15, -0.1) is 0 Å². The van der Waals surface area contributed by atoms with Gasteiger partial charge in [-0.1, -0.05) is 36.1 Å². The average molecular weight is 372 g/mol. The molecule has 7 nitrogen and oxygen atoms in total. The standard InChI is InChI=1S/C21H16N4O3/c1-21(27,20-23-11-12-28-20)10-9-14-5-4-6-15(13-14)25-17-8-3-2-7-16(17)18(24-25)19(22)26/h2-8,11-13,27H,1H3,(H2,22,26)/t21-/m0/s1. The summed E-state index contributed by atoms with van der Waals surface area (Å²) in [5.74, 6) is 5.23. The molecule has 28 heavy (non-hydrogen) atoms. The van der Waals surface area contributed by atoms with Crippen LogP contribution in [0.1, 0.15) is 28.9 Å². The van der Waals surface area contributed by atoms with Gasteiger partial charge >= 0.3 is 0 Å². The fourth-order valence-electron chi connectivity index (χ4n) is 2.87. The van der Waals surface area contributed by atoms with Crippen molar-refractivity contribution >= 4 is 16.8 Å². The summed E-state index contributed by atoms with van der Waals surface area (Å²) in [6, 6.07) is 14.6. The minimum atomic E-state index is -1.52. The van der Waals surface area contributed by atoms with E-state index in [0.717, 1.165) is 5.52 Å². The van der Waals surface area contributed by atoms with Crippen molar-refractivity contribution in [1.82, 2.24) is 14.8 Å². The van der Waals surface area contributed by atoms with Crippen LogP contribution in [0.15, 0.2) is 65.4 Å². The van der Waals surface area contributed by atoms with Crippen LogP contribution in [0.25, 0.3) is 16.6 Å². The average Bonchev–Trinajstić information content (AvgIpc) is 3.35. The first-order valence-electron chi connectivity index (χ1n) is 8.49. The van der Waals surface area contributed by atoms with E-state index in [0.29, 0.717) is 16.6 Å². The molecule has 0 aliphatic heterocycles. The molecule has 4 rings (SSSR count). The van der Waals surface area contributed by atoms with E-state index in [1.807, 2.05) is 42.5 Å². The number of aromatic nitrogens is 3. The molecule has 0 saturated heterocycles. The lowest BCUT2D eigenvalue weighted by molar-refractivity contribution is 0.0892. The van der Waals surface area contributed by atoms with Crippen LogP contribution in [0.4, 0.5) is 0 Å². The zero-order chi connectivity index (χ0) is 19.7. The molecule has 0 radical (unpaired) electrons. The maximum absolute atomic E-state index is 11.7. The van der Waals surface area contributed by atoms with Crippen molar-refractivity contribution in [2.24, 2.45) is 5.73 Å². The summed E-state index contributed by atoms with van der Waals surface area (Å²) in [7, 11) is 0. The molecule has 138 valence electrons. The number of aliphatic hydroxyl groups is 1. The number of fused-ring (bicyclic) bond motifs is 1. The van der Waals surface area contributed by atoms with E-state index in [1.54, 1.807) is 10.7 Å². The highest BCUT2D eigenvalue weighted by Gasteiger charge is 2.25. The second-order valence-electron chi connectivity index (χ2n) is 6.35. The molecule has 0 aliphatic carbocycles. The zero-order valence-corrected chi connectivity index (χ0v) is 15.0. The Kier molecular flexibility index (Phi) is 4.18. The molecule has 0 bridgehead atoms. The molecule has 0 unspecified atom stereocenters. The van der Waals surface area contributed by atoms with Crippen LogP contribution in [-0.2, 0) is 5.60 Å². The maximum Gasteiger partial charge on any atom is 0.269 e. The summed E-state index contributed by atoms with van der Waals surface area (Å²) in [6.07, 6.45) is 2.83. The first-order chi connectivity index (χ1) is 13.5. The number of nitrogens with zero attached hydrogens (tertiary/aromatic N) is 3. The number of rotatable bonds is 3. The number of hydrogen-bond donors (Lipinski definition) is 2. The van der Waals surface area contributed by atoms with Crippen molar-refractivity contribution in [2.75, 3.05) is 0 Å². The van der Waals surface area contributed by atoms with Gasteiger partial charge in [0.05, 0.1) is 17.4 Å². The number of nitrogens with two attached hydrogens (primary N) is 1. The van der Waals surface area contributed by atoms with Gasteiger partial charge < -0.3 is 15.3 Å². The topological polar surface area (TPSA) is 107 Å².